The third kappa shape index (κ3) is 4.67. The maximum Gasteiger partial charge on any atom is 0.274 e. The summed E-state index contributed by atoms with van der Waals surface area (Å²) in [6, 6.07) is 10.7. The number of hydrogen-bond acceptors (Lipinski definition) is 7. The van der Waals surface area contributed by atoms with Crippen molar-refractivity contribution >= 4 is 29.1 Å². The van der Waals surface area contributed by atoms with Crippen LogP contribution in [0.15, 0.2) is 42.7 Å². The Bertz CT molecular complexity index is 1650. The predicted molar refractivity (Wildman–Crippen MR) is 147 cm³/mol. The van der Waals surface area contributed by atoms with Gasteiger partial charge in [0.05, 0.1) is 18.5 Å². The summed E-state index contributed by atoms with van der Waals surface area (Å²) in [5.74, 6) is 0.713. The zero-order chi connectivity index (χ0) is 28.1. The number of methoxy groups -OCH3 is 1. The second-order valence-electron chi connectivity index (χ2n) is 9.95. The Kier molecular flexibility index (Phi) is 6.70. The van der Waals surface area contributed by atoms with Crippen molar-refractivity contribution < 1.29 is 14.3 Å². The van der Waals surface area contributed by atoms with Crippen LogP contribution in [0, 0.1) is 11.3 Å². The molecule has 0 atom stereocenters. The van der Waals surface area contributed by atoms with E-state index in [1.165, 1.54) is 19.5 Å². The topological polar surface area (TPSA) is 106 Å². The number of carbonyl (C=O) groups excluding carboxylic acids is 1. The number of rotatable bonds is 4. The maximum absolute atomic E-state index is 13.7. The van der Waals surface area contributed by atoms with E-state index in [0.717, 1.165) is 0 Å². The summed E-state index contributed by atoms with van der Waals surface area (Å²) >= 11 is 12.7. The molecule has 5 rings (SSSR count). The minimum Gasteiger partial charge on any atom is -0.496 e. The number of ether oxygens (including phenoxy) is 2. The maximum atomic E-state index is 13.7. The molecule has 1 aliphatic rings. The van der Waals surface area contributed by atoms with Crippen molar-refractivity contribution in [1.29, 1.82) is 5.26 Å². The van der Waals surface area contributed by atoms with Gasteiger partial charge in [-0.2, -0.15) is 10.4 Å². The number of carbonyl (C=O) groups is 1. The van der Waals surface area contributed by atoms with Crippen LogP contribution in [0.3, 0.4) is 0 Å². The van der Waals surface area contributed by atoms with E-state index in [9.17, 15) is 10.1 Å². The Hall–Kier alpha value is -4.13. The van der Waals surface area contributed by atoms with Crippen LogP contribution in [-0.4, -0.2) is 50.3 Å². The molecule has 0 bridgehead atoms. The van der Waals surface area contributed by atoms with E-state index in [1.54, 1.807) is 40.9 Å². The Morgan fingerprint density at radius 3 is 2.44 bits per heavy atom. The summed E-state index contributed by atoms with van der Waals surface area (Å²) in [5.41, 5.74) is 3.28. The van der Waals surface area contributed by atoms with E-state index in [2.05, 4.69) is 16.0 Å². The number of hydrogen-bond donors (Lipinski definition) is 0. The average molecular weight is 563 g/mol. The van der Waals surface area contributed by atoms with Crippen LogP contribution >= 0.6 is 23.2 Å². The Balaban J connectivity index is 1.82. The summed E-state index contributed by atoms with van der Waals surface area (Å²) in [4.78, 5) is 23.9. The molecule has 198 valence electrons. The molecule has 0 saturated carbocycles. The Morgan fingerprint density at radius 2 is 1.79 bits per heavy atom. The van der Waals surface area contributed by atoms with Gasteiger partial charge < -0.3 is 14.4 Å². The minimum atomic E-state index is -0.444. The van der Waals surface area contributed by atoms with E-state index in [1.807, 2.05) is 26.8 Å². The number of halogens is 2. The first-order valence-corrected chi connectivity index (χ1v) is 12.7. The lowest BCUT2D eigenvalue weighted by Crippen LogP contribution is -2.43. The van der Waals surface area contributed by atoms with Crippen molar-refractivity contribution in [3.63, 3.8) is 0 Å². The zero-order valence-corrected chi connectivity index (χ0v) is 23.4. The summed E-state index contributed by atoms with van der Waals surface area (Å²) in [7, 11) is 3.27. The molecule has 0 aliphatic carbocycles. The van der Waals surface area contributed by atoms with Gasteiger partial charge in [0.1, 0.15) is 29.9 Å². The monoisotopic (exact) mass is 562 g/mol. The third-order valence-corrected chi connectivity index (χ3v) is 7.01. The highest BCUT2D eigenvalue weighted by Crippen LogP contribution is 2.46. The van der Waals surface area contributed by atoms with Crippen LogP contribution in [0.4, 0.5) is 0 Å². The van der Waals surface area contributed by atoms with Crippen LogP contribution < -0.4 is 9.47 Å². The summed E-state index contributed by atoms with van der Waals surface area (Å²) in [6.45, 7) is 5.95. The normalized spacial score (nSPS) is 12.2. The molecule has 11 heteroatoms. The van der Waals surface area contributed by atoms with Gasteiger partial charge >= 0.3 is 0 Å². The molecule has 3 heterocycles. The predicted octanol–water partition coefficient (Wildman–Crippen LogP) is 5.95. The van der Waals surface area contributed by atoms with Crippen molar-refractivity contribution in [2.75, 3.05) is 14.2 Å². The third-order valence-electron chi connectivity index (χ3n) is 6.58. The molecule has 0 saturated heterocycles. The largest absolute Gasteiger partial charge is 0.496 e. The van der Waals surface area contributed by atoms with Crippen molar-refractivity contribution in [3.8, 4) is 45.8 Å². The zero-order valence-electron chi connectivity index (χ0n) is 21.9. The van der Waals surface area contributed by atoms with Crippen LogP contribution in [-0.2, 0) is 6.61 Å². The summed E-state index contributed by atoms with van der Waals surface area (Å²) in [6.07, 6.45) is 2.96. The standard InChI is InChI=1S/C28H24Cl2N6O3/c1-28(2,3)35(4)27(37)25-20-14-39-23-12-22(38-5)18(24-21(13-31)32-6-7-33-24)11-19(23)26(20)36(34-25)17-9-15(29)8-16(30)10-17/h6-12H,14H2,1-5H3. The highest BCUT2D eigenvalue weighted by molar-refractivity contribution is 6.34. The molecule has 4 aromatic rings. The highest BCUT2D eigenvalue weighted by Gasteiger charge is 2.35. The molecule has 2 aromatic carbocycles. The summed E-state index contributed by atoms with van der Waals surface area (Å²) in [5, 5.41) is 15.3. The molecule has 0 N–H and O–H groups in total. The van der Waals surface area contributed by atoms with Crippen LogP contribution in [0.1, 0.15) is 42.5 Å². The van der Waals surface area contributed by atoms with Gasteiger partial charge in [0.25, 0.3) is 5.91 Å². The van der Waals surface area contributed by atoms with E-state index in [-0.39, 0.29) is 23.9 Å². The molecule has 0 radical (unpaired) electrons. The molecule has 0 fully saturated rings. The summed E-state index contributed by atoms with van der Waals surface area (Å²) < 4.78 is 13.4. The number of nitrogens with zero attached hydrogens (tertiary/aromatic N) is 6. The molecule has 39 heavy (non-hydrogen) atoms. The van der Waals surface area contributed by atoms with Gasteiger partial charge in [0, 0.05) is 57.8 Å². The second kappa shape index (κ2) is 9.88. The first kappa shape index (κ1) is 26.5. The number of fused-ring (bicyclic) bond motifs is 3. The van der Waals surface area contributed by atoms with Crippen LogP contribution in [0.2, 0.25) is 10.0 Å². The minimum absolute atomic E-state index is 0.104. The van der Waals surface area contributed by atoms with E-state index in [0.29, 0.717) is 55.3 Å². The van der Waals surface area contributed by atoms with Gasteiger partial charge in [0.15, 0.2) is 11.4 Å². The first-order chi connectivity index (χ1) is 18.5. The quantitative estimate of drug-likeness (QED) is 0.302. The number of nitriles is 1. The van der Waals surface area contributed by atoms with Crippen LogP contribution in [0.25, 0.3) is 28.2 Å². The lowest BCUT2D eigenvalue weighted by Gasteiger charge is -2.31. The second-order valence-corrected chi connectivity index (χ2v) is 10.8. The van der Waals surface area contributed by atoms with E-state index in [4.69, 9.17) is 37.8 Å². The highest BCUT2D eigenvalue weighted by atomic mass is 35.5. The number of benzene rings is 2. The molecular weight excluding hydrogens is 539 g/mol. The molecule has 1 amide bonds. The smallest absolute Gasteiger partial charge is 0.274 e. The van der Waals surface area contributed by atoms with Crippen molar-refractivity contribution in [3.05, 3.63) is 69.7 Å². The lowest BCUT2D eigenvalue weighted by atomic mass is 9.96. The van der Waals surface area contributed by atoms with Crippen molar-refractivity contribution in [1.82, 2.24) is 24.6 Å². The molecule has 0 unspecified atom stereocenters. The average Bonchev–Trinajstić information content (AvgIpc) is 3.30. The molecule has 0 spiro atoms. The van der Waals surface area contributed by atoms with Crippen LogP contribution in [0.5, 0.6) is 11.5 Å². The number of amides is 1. The number of aromatic nitrogens is 4. The lowest BCUT2D eigenvalue weighted by molar-refractivity contribution is 0.0646. The van der Waals surface area contributed by atoms with E-state index >= 15 is 0 Å². The fourth-order valence-electron chi connectivity index (χ4n) is 4.33. The van der Waals surface area contributed by atoms with Crippen molar-refractivity contribution in [2.24, 2.45) is 0 Å². The molecule has 1 aliphatic heterocycles. The van der Waals surface area contributed by atoms with Gasteiger partial charge in [-0.25, -0.2) is 9.67 Å². The SMILES string of the molecule is COc1cc2c(cc1-c1nccnc1C#N)-c1c(c(C(=O)N(C)C(C)(C)C)nn1-c1cc(Cl)cc(Cl)c1)CO2. The van der Waals surface area contributed by atoms with Gasteiger partial charge in [-0.1, -0.05) is 23.2 Å². The molecular formula is C28H24Cl2N6O3. The van der Waals surface area contributed by atoms with Gasteiger partial charge in [0.2, 0.25) is 0 Å². The molecule has 2 aromatic heterocycles. The van der Waals surface area contributed by atoms with Crippen molar-refractivity contribution in [2.45, 2.75) is 32.9 Å². The Morgan fingerprint density at radius 1 is 1.10 bits per heavy atom. The fraction of sp³-hybridized carbons (Fsp3) is 0.250. The Labute approximate surface area is 235 Å². The van der Waals surface area contributed by atoms with E-state index < -0.39 is 5.54 Å². The fourth-order valence-corrected chi connectivity index (χ4v) is 4.85. The van der Waals surface area contributed by atoms with Gasteiger partial charge in [-0.05, 0) is 45.0 Å². The molecule has 9 nitrogen and oxygen atoms in total. The van der Waals surface area contributed by atoms with Gasteiger partial charge in [-0.15, -0.1) is 0 Å². The van der Waals surface area contributed by atoms with Gasteiger partial charge in [-0.3, -0.25) is 9.78 Å². The first-order valence-electron chi connectivity index (χ1n) is 12.0.